The third-order valence-corrected chi connectivity index (χ3v) is 3.19. The fourth-order valence-electron chi connectivity index (χ4n) is 2.05. The van der Waals surface area contributed by atoms with Crippen molar-refractivity contribution in [1.82, 2.24) is 14.9 Å². The van der Waals surface area contributed by atoms with Gasteiger partial charge in [-0.1, -0.05) is 0 Å². The highest BCUT2D eigenvalue weighted by molar-refractivity contribution is 5.53. The molecule has 7 heteroatoms. The molecule has 1 saturated heterocycles. The predicted octanol–water partition coefficient (Wildman–Crippen LogP) is 0.658. The summed E-state index contributed by atoms with van der Waals surface area (Å²) in [6.07, 6.45) is 1.11. The molecule has 0 aliphatic carbocycles. The summed E-state index contributed by atoms with van der Waals surface area (Å²) in [5, 5.41) is 17.3. The quantitative estimate of drug-likeness (QED) is 0.595. The van der Waals surface area contributed by atoms with Gasteiger partial charge >= 0.3 is 5.82 Å². The number of nitrogens with one attached hydrogen (secondary N) is 2. The number of anilines is 1. The van der Waals surface area contributed by atoms with Gasteiger partial charge in [0, 0.05) is 20.5 Å². The van der Waals surface area contributed by atoms with E-state index in [-0.39, 0.29) is 5.82 Å². The normalized spacial score (nSPS) is 19.5. The van der Waals surface area contributed by atoms with Crippen molar-refractivity contribution in [2.24, 2.45) is 13.0 Å². The van der Waals surface area contributed by atoms with E-state index in [1.54, 1.807) is 18.5 Å². The maximum Gasteiger partial charge on any atom is 0.406 e. The van der Waals surface area contributed by atoms with E-state index in [1.807, 2.05) is 0 Å². The van der Waals surface area contributed by atoms with Gasteiger partial charge in [-0.2, -0.15) is 0 Å². The predicted molar refractivity (Wildman–Crippen MR) is 64.1 cm³/mol. The largest absolute Gasteiger partial charge is 0.406 e. The van der Waals surface area contributed by atoms with E-state index in [4.69, 9.17) is 0 Å². The van der Waals surface area contributed by atoms with Crippen LogP contribution in [0.4, 0.5) is 11.6 Å². The zero-order valence-corrected chi connectivity index (χ0v) is 10.1. The minimum Gasteiger partial charge on any atom is -0.364 e. The van der Waals surface area contributed by atoms with Crippen molar-refractivity contribution in [1.29, 1.82) is 0 Å². The first-order chi connectivity index (χ1) is 8.09. The van der Waals surface area contributed by atoms with Crippen LogP contribution in [0.3, 0.4) is 0 Å². The lowest BCUT2D eigenvalue weighted by atomic mass is 10.1. The van der Waals surface area contributed by atoms with Gasteiger partial charge in [0.1, 0.15) is 0 Å². The summed E-state index contributed by atoms with van der Waals surface area (Å²) in [6.45, 7) is 4.50. The Hall–Kier alpha value is -1.63. The van der Waals surface area contributed by atoms with E-state index in [0.29, 0.717) is 17.6 Å². The lowest BCUT2D eigenvalue weighted by Gasteiger charge is -2.10. The molecule has 1 unspecified atom stereocenters. The highest BCUT2D eigenvalue weighted by atomic mass is 16.6. The first-order valence-electron chi connectivity index (χ1n) is 5.72. The summed E-state index contributed by atoms with van der Waals surface area (Å²) in [5.74, 6) is 1.59. The fraction of sp³-hybridized carbons (Fsp3) is 0.700. The number of hydrogen-bond donors (Lipinski definition) is 2. The van der Waals surface area contributed by atoms with Gasteiger partial charge in [0.05, 0.1) is 0 Å². The number of nitrogens with zero attached hydrogens (tertiary/aromatic N) is 3. The maximum absolute atomic E-state index is 10.9. The Labute approximate surface area is 99.4 Å². The minimum absolute atomic E-state index is 0.0871. The lowest BCUT2D eigenvalue weighted by Crippen LogP contribution is -2.18. The topological polar surface area (TPSA) is 85.0 Å². The second-order valence-corrected chi connectivity index (χ2v) is 4.39. The summed E-state index contributed by atoms with van der Waals surface area (Å²) >= 11 is 0. The molecule has 1 fully saturated rings. The summed E-state index contributed by atoms with van der Waals surface area (Å²) in [7, 11) is 1.78. The monoisotopic (exact) mass is 239 g/mol. The molecular formula is C10H17N5O2. The number of nitro groups is 1. The average molecular weight is 239 g/mol. The van der Waals surface area contributed by atoms with E-state index in [0.717, 1.165) is 26.1 Å². The van der Waals surface area contributed by atoms with E-state index in [9.17, 15) is 10.1 Å². The van der Waals surface area contributed by atoms with Gasteiger partial charge in [0.2, 0.25) is 11.6 Å². The zero-order valence-electron chi connectivity index (χ0n) is 10.1. The number of imidazole rings is 1. The van der Waals surface area contributed by atoms with Crippen molar-refractivity contribution >= 4 is 11.6 Å². The SMILES string of the molecule is Cc1nc([N+](=O)[O-])c(NCC2CCNC2)n1C. The smallest absolute Gasteiger partial charge is 0.364 e. The molecule has 1 atom stereocenters. The van der Waals surface area contributed by atoms with E-state index in [2.05, 4.69) is 15.6 Å². The molecule has 1 aliphatic heterocycles. The van der Waals surface area contributed by atoms with Crippen LogP contribution in [0.1, 0.15) is 12.2 Å². The van der Waals surface area contributed by atoms with E-state index in [1.165, 1.54) is 0 Å². The molecule has 0 aromatic carbocycles. The maximum atomic E-state index is 10.9. The first kappa shape index (κ1) is 11.8. The Morgan fingerprint density at radius 3 is 3.06 bits per heavy atom. The molecule has 0 saturated carbocycles. The molecule has 1 aromatic rings. The Morgan fingerprint density at radius 2 is 2.47 bits per heavy atom. The summed E-state index contributed by atoms with van der Waals surface area (Å²) in [4.78, 5) is 14.4. The Bertz CT molecular complexity index is 423. The third kappa shape index (κ3) is 2.38. The van der Waals surface area contributed by atoms with Crippen LogP contribution in [-0.4, -0.2) is 34.1 Å². The van der Waals surface area contributed by atoms with Gasteiger partial charge in [-0.3, -0.25) is 4.57 Å². The van der Waals surface area contributed by atoms with Crippen LogP contribution < -0.4 is 10.6 Å². The molecule has 94 valence electrons. The van der Waals surface area contributed by atoms with Crippen LogP contribution in [0.2, 0.25) is 0 Å². The Morgan fingerprint density at radius 1 is 1.71 bits per heavy atom. The lowest BCUT2D eigenvalue weighted by molar-refractivity contribution is -0.388. The van der Waals surface area contributed by atoms with Crippen LogP contribution in [0.5, 0.6) is 0 Å². The van der Waals surface area contributed by atoms with Gasteiger partial charge in [-0.15, -0.1) is 0 Å². The van der Waals surface area contributed by atoms with Crippen molar-refractivity contribution in [2.75, 3.05) is 25.0 Å². The molecule has 1 aliphatic rings. The van der Waals surface area contributed by atoms with Gasteiger partial charge < -0.3 is 20.7 Å². The van der Waals surface area contributed by atoms with Crippen LogP contribution >= 0.6 is 0 Å². The number of rotatable bonds is 4. The third-order valence-electron chi connectivity index (χ3n) is 3.19. The summed E-state index contributed by atoms with van der Waals surface area (Å²) in [5.41, 5.74) is 0. The van der Waals surface area contributed by atoms with Crippen molar-refractivity contribution in [3.63, 3.8) is 0 Å². The molecule has 0 radical (unpaired) electrons. The number of aryl methyl sites for hydroxylation is 1. The average Bonchev–Trinajstić information content (AvgIpc) is 2.87. The number of hydrogen-bond acceptors (Lipinski definition) is 5. The van der Waals surface area contributed by atoms with Crippen molar-refractivity contribution in [3.05, 3.63) is 15.9 Å². The van der Waals surface area contributed by atoms with Crippen molar-refractivity contribution in [3.8, 4) is 0 Å². The molecule has 2 heterocycles. The molecule has 2 N–H and O–H groups in total. The van der Waals surface area contributed by atoms with Crippen molar-refractivity contribution < 1.29 is 4.92 Å². The standard InChI is InChI=1S/C10H17N5O2/c1-7-13-10(15(16)17)9(14(7)2)12-6-8-3-4-11-5-8/h8,11-12H,3-6H2,1-2H3. The summed E-state index contributed by atoms with van der Waals surface area (Å²) < 4.78 is 1.72. The molecule has 1 aromatic heterocycles. The summed E-state index contributed by atoms with van der Waals surface area (Å²) in [6, 6.07) is 0. The molecule has 0 bridgehead atoms. The van der Waals surface area contributed by atoms with Crippen LogP contribution in [0.15, 0.2) is 0 Å². The molecule has 7 nitrogen and oxygen atoms in total. The van der Waals surface area contributed by atoms with Crippen LogP contribution in [-0.2, 0) is 7.05 Å². The molecule has 17 heavy (non-hydrogen) atoms. The van der Waals surface area contributed by atoms with E-state index < -0.39 is 4.92 Å². The van der Waals surface area contributed by atoms with Crippen LogP contribution in [0.25, 0.3) is 0 Å². The number of aromatic nitrogens is 2. The zero-order chi connectivity index (χ0) is 12.4. The van der Waals surface area contributed by atoms with Gasteiger partial charge in [0.15, 0.2) is 0 Å². The minimum atomic E-state index is -0.442. The Kier molecular flexibility index (Phi) is 3.28. The van der Waals surface area contributed by atoms with Gasteiger partial charge in [-0.05, 0) is 35.3 Å². The van der Waals surface area contributed by atoms with E-state index >= 15 is 0 Å². The molecular weight excluding hydrogens is 222 g/mol. The molecule has 2 rings (SSSR count). The first-order valence-corrected chi connectivity index (χ1v) is 5.72. The van der Waals surface area contributed by atoms with Gasteiger partial charge in [-0.25, -0.2) is 0 Å². The molecule has 0 spiro atoms. The second-order valence-electron chi connectivity index (χ2n) is 4.39. The highest BCUT2D eigenvalue weighted by Gasteiger charge is 2.24. The van der Waals surface area contributed by atoms with Crippen molar-refractivity contribution in [2.45, 2.75) is 13.3 Å². The molecule has 0 amide bonds. The Balaban J connectivity index is 2.10. The van der Waals surface area contributed by atoms with Gasteiger partial charge in [0.25, 0.3) is 0 Å². The van der Waals surface area contributed by atoms with Crippen LogP contribution in [0, 0.1) is 23.0 Å². The fourth-order valence-corrected chi connectivity index (χ4v) is 2.05. The highest BCUT2D eigenvalue weighted by Crippen LogP contribution is 2.24. The second kappa shape index (κ2) is 4.70.